The van der Waals surface area contributed by atoms with Crippen molar-refractivity contribution in [2.24, 2.45) is 5.41 Å². The molecular formula is C12H16FNO5S. The Morgan fingerprint density at radius 1 is 1.40 bits per heavy atom. The summed E-state index contributed by atoms with van der Waals surface area (Å²) in [5.41, 5.74) is -1.04. The van der Waals surface area contributed by atoms with E-state index in [1.54, 1.807) is 13.8 Å². The van der Waals surface area contributed by atoms with Crippen molar-refractivity contribution in [3.05, 3.63) is 29.6 Å². The predicted octanol–water partition coefficient (Wildman–Crippen LogP) is 0.821. The Labute approximate surface area is 116 Å². The third-order valence-corrected chi connectivity index (χ3v) is 4.05. The molecule has 0 atom stereocenters. The lowest BCUT2D eigenvalue weighted by molar-refractivity contribution is 0.0696. The zero-order valence-corrected chi connectivity index (χ0v) is 11.9. The van der Waals surface area contributed by atoms with Gasteiger partial charge in [0.05, 0.1) is 5.56 Å². The van der Waals surface area contributed by atoms with Crippen LogP contribution in [0.4, 0.5) is 4.39 Å². The Hall–Kier alpha value is -1.51. The van der Waals surface area contributed by atoms with E-state index in [1.807, 2.05) is 0 Å². The smallest absolute Gasteiger partial charge is 0.335 e. The maximum Gasteiger partial charge on any atom is 0.335 e. The third-order valence-electron chi connectivity index (χ3n) is 2.64. The first kappa shape index (κ1) is 16.5. The highest BCUT2D eigenvalue weighted by molar-refractivity contribution is 7.89. The number of carboxylic acids is 1. The molecule has 6 nitrogen and oxygen atoms in total. The largest absolute Gasteiger partial charge is 0.478 e. The Morgan fingerprint density at radius 2 is 2.00 bits per heavy atom. The molecule has 0 amide bonds. The van der Waals surface area contributed by atoms with Crippen molar-refractivity contribution in [3.63, 3.8) is 0 Å². The van der Waals surface area contributed by atoms with Crippen molar-refractivity contribution in [2.75, 3.05) is 13.2 Å². The van der Waals surface area contributed by atoms with E-state index in [4.69, 9.17) is 10.2 Å². The lowest BCUT2D eigenvalue weighted by Gasteiger charge is -2.21. The summed E-state index contributed by atoms with van der Waals surface area (Å²) in [5, 5.41) is 17.8. The molecule has 3 N–H and O–H groups in total. The van der Waals surface area contributed by atoms with E-state index in [-0.39, 0.29) is 18.7 Å². The van der Waals surface area contributed by atoms with Crippen molar-refractivity contribution < 1.29 is 27.8 Å². The zero-order chi connectivity index (χ0) is 15.6. The first-order chi connectivity index (χ1) is 9.09. The number of benzene rings is 1. The SMILES string of the molecule is CC(C)(CO)CNS(=O)(=O)c1cc(C(=O)O)ccc1F. The van der Waals surface area contributed by atoms with Crippen molar-refractivity contribution in [3.8, 4) is 0 Å². The van der Waals surface area contributed by atoms with Gasteiger partial charge < -0.3 is 10.2 Å². The minimum atomic E-state index is -4.19. The summed E-state index contributed by atoms with van der Waals surface area (Å²) in [6, 6.07) is 2.52. The number of carboxylic acid groups (broad SMARTS) is 1. The lowest BCUT2D eigenvalue weighted by Crippen LogP contribution is -2.36. The summed E-state index contributed by atoms with van der Waals surface area (Å²) in [4.78, 5) is 10.1. The molecule has 0 aliphatic heterocycles. The fraction of sp³-hybridized carbons (Fsp3) is 0.417. The Kier molecular flexibility index (Phi) is 4.85. The van der Waals surface area contributed by atoms with Gasteiger partial charge in [-0.3, -0.25) is 0 Å². The van der Waals surface area contributed by atoms with Crippen LogP contribution in [0.3, 0.4) is 0 Å². The average Bonchev–Trinajstić information content (AvgIpc) is 2.37. The Morgan fingerprint density at radius 3 is 2.50 bits per heavy atom. The minimum Gasteiger partial charge on any atom is -0.478 e. The second kappa shape index (κ2) is 5.86. The molecule has 0 saturated carbocycles. The first-order valence-electron chi connectivity index (χ1n) is 5.72. The summed E-state index contributed by atoms with van der Waals surface area (Å²) < 4.78 is 39.7. The summed E-state index contributed by atoms with van der Waals surface area (Å²) >= 11 is 0. The van der Waals surface area contributed by atoms with Crippen LogP contribution in [-0.2, 0) is 10.0 Å². The third kappa shape index (κ3) is 3.99. The monoisotopic (exact) mass is 305 g/mol. The van der Waals surface area contributed by atoms with Crippen LogP contribution in [0.5, 0.6) is 0 Å². The molecule has 112 valence electrons. The Balaban J connectivity index is 3.09. The highest BCUT2D eigenvalue weighted by atomic mass is 32.2. The number of hydrogen-bond acceptors (Lipinski definition) is 4. The molecule has 0 heterocycles. The van der Waals surface area contributed by atoms with Crippen molar-refractivity contribution in [1.82, 2.24) is 4.72 Å². The second-order valence-corrected chi connectivity index (χ2v) is 6.83. The van der Waals surface area contributed by atoms with E-state index in [1.165, 1.54) is 0 Å². The van der Waals surface area contributed by atoms with E-state index < -0.39 is 32.1 Å². The number of nitrogens with one attached hydrogen (secondary N) is 1. The molecule has 0 unspecified atom stereocenters. The van der Waals surface area contributed by atoms with E-state index in [0.29, 0.717) is 0 Å². The molecule has 1 aromatic carbocycles. The summed E-state index contributed by atoms with van der Waals surface area (Å²) in [7, 11) is -4.19. The standard InChI is InChI=1S/C12H16FNO5S/c1-12(2,7-15)6-14-20(18,19)10-5-8(11(16)17)3-4-9(10)13/h3-5,14-15H,6-7H2,1-2H3,(H,16,17). The van der Waals surface area contributed by atoms with Gasteiger partial charge in [0.1, 0.15) is 10.7 Å². The van der Waals surface area contributed by atoms with Gasteiger partial charge in [0.25, 0.3) is 0 Å². The number of sulfonamides is 1. The Bertz CT molecular complexity index is 612. The van der Waals surface area contributed by atoms with Gasteiger partial charge >= 0.3 is 5.97 Å². The molecule has 0 aliphatic rings. The maximum absolute atomic E-state index is 13.6. The first-order valence-corrected chi connectivity index (χ1v) is 7.21. The van der Waals surface area contributed by atoms with Crippen LogP contribution < -0.4 is 4.72 Å². The number of hydrogen-bond donors (Lipinski definition) is 3. The van der Waals surface area contributed by atoms with Gasteiger partial charge in [-0.2, -0.15) is 0 Å². The fourth-order valence-corrected chi connectivity index (χ4v) is 2.61. The van der Waals surface area contributed by atoms with Gasteiger partial charge in [0.15, 0.2) is 0 Å². The molecule has 20 heavy (non-hydrogen) atoms. The molecule has 0 bridgehead atoms. The molecule has 0 fully saturated rings. The van der Waals surface area contributed by atoms with Crippen molar-refractivity contribution in [1.29, 1.82) is 0 Å². The van der Waals surface area contributed by atoms with E-state index in [2.05, 4.69) is 4.72 Å². The summed E-state index contributed by atoms with van der Waals surface area (Å²) in [6.07, 6.45) is 0. The quantitative estimate of drug-likeness (QED) is 0.722. The highest BCUT2D eigenvalue weighted by Gasteiger charge is 2.24. The molecule has 0 radical (unpaired) electrons. The van der Waals surface area contributed by atoms with Crippen LogP contribution in [0, 0.1) is 11.2 Å². The summed E-state index contributed by atoms with van der Waals surface area (Å²) in [5.74, 6) is -2.39. The van der Waals surface area contributed by atoms with Crippen molar-refractivity contribution in [2.45, 2.75) is 18.7 Å². The van der Waals surface area contributed by atoms with Crippen LogP contribution in [0.15, 0.2) is 23.1 Å². The number of aromatic carboxylic acids is 1. The van der Waals surface area contributed by atoms with Crippen LogP contribution in [-0.4, -0.2) is 37.8 Å². The predicted molar refractivity (Wildman–Crippen MR) is 69.4 cm³/mol. The van der Waals surface area contributed by atoms with E-state index in [9.17, 15) is 17.6 Å². The number of aliphatic hydroxyl groups excluding tert-OH is 1. The molecule has 0 aromatic heterocycles. The summed E-state index contributed by atoms with van der Waals surface area (Å²) in [6.45, 7) is 2.88. The van der Waals surface area contributed by atoms with Gasteiger partial charge in [-0.05, 0) is 18.2 Å². The number of rotatable bonds is 6. The van der Waals surface area contributed by atoms with E-state index >= 15 is 0 Å². The fourth-order valence-electron chi connectivity index (χ4n) is 1.27. The van der Waals surface area contributed by atoms with Crippen LogP contribution in [0.1, 0.15) is 24.2 Å². The number of aliphatic hydroxyl groups is 1. The minimum absolute atomic E-state index is 0.109. The number of halogens is 1. The molecule has 1 aromatic rings. The molecule has 0 saturated heterocycles. The van der Waals surface area contributed by atoms with Gasteiger partial charge in [-0.25, -0.2) is 22.3 Å². The molecule has 0 spiro atoms. The molecule has 0 aliphatic carbocycles. The molecule has 8 heteroatoms. The zero-order valence-electron chi connectivity index (χ0n) is 11.1. The lowest BCUT2D eigenvalue weighted by atomic mass is 9.96. The van der Waals surface area contributed by atoms with Gasteiger partial charge in [0.2, 0.25) is 10.0 Å². The molecule has 1 rings (SSSR count). The van der Waals surface area contributed by atoms with Crippen LogP contribution >= 0.6 is 0 Å². The maximum atomic E-state index is 13.6. The highest BCUT2D eigenvalue weighted by Crippen LogP contribution is 2.18. The van der Waals surface area contributed by atoms with Gasteiger partial charge in [-0.1, -0.05) is 13.8 Å². The molecular weight excluding hydrogens is 289 g/mol. The van der Waals surface area contributed by atoms with Gasteiger partial charge in [0, 0.05) is 18.6 Å². The topological polar surface area (TPSA) is 104 Å². The van der Waals surface area contributed by atoms with Crippen molar-refractivity contribution >= 4 is 16.0 Å². The number of carbonyl (C=O) groups is 1. The van der Waals surface area contributed by atoms with Crippen LogP contribution in [0.25, 0.3) is 0 Å². The van der Waals surface area contributed by atoms with Gasteiger partial charge in [-0.15, -0.1) is 0 Å². The van der Waals surface area contributed by atoms with Crippen LogP contribution in [0.2, 0.25) is 0 Å². The average molecular weight is 305 g/mol. The normalized spacial score (nSPS) is 12.4. The van der Waals surface area contributed by atoms with E-state index in [0.717, 1.165) is 18.2 Å². The second-order valence-electron chi connectivity index (χ2n) is 5.10.